The van der Waals surface area contributed by atoms with Crippen LogP contribution in [0.1, 0.15) is 20.3 Å². The molecule has 1 unspecified atom stereocenters. The Kier molecular flexibility index (Phi) is 3.73. The van der Waals surface area contributed by atoms with Crippen molar-refractivity contribution < 1.29 is 4.79 Å². The third-order valence-corrected chi connectivity index (χ3v) is 3.32. The van der Waals surface area contributed by atoms with Crippen molar-refractivity contribution in [3.05, 3.63) is 0 Å². The maximum atomic E-state index is 12.0. The van der Waals surface area contributed by atoms with Gasteiger partial charge >= 0.3 is 0 Å². The monoisotopic (exact) mass is 213 g/mol. The van der Waals surface area contributed by atoms with Gasteiger partial charge in [0.25, 0.3) is 0 Å². The van der Waals surface area contributed by atoms with E-state index in [1.165, 1.54) is 0 Å². The van der Waals surface area contributed by atoms with Crippen molar-refractivity contribution in [2.75, 3.05) is 34.2 Å². The number of nitrogens with zero attached hydrogens (tertiary/aromatic N) is 2. The molecule has 88 valence electrons. The number of nitrogens with one attached hydrogen (secondary N) is 1. The lowest BCUT2D eigenvalue weighted by molar-refractivity contribution is -0.136. The highest BCUT2D eigenvalue weighted by Crippen LogP contribution is 2.33. The molecule has 1 amide bonds. The normalized spacial score (nSPS) is 23.5. The minimum Gasteiger partial charge on any atom is -0.306 e. The molecule has 1 rings (SSSR count). The predicted octanol–water partition coefficient (Wildman–Crippen LogP) is 0.557. The fourth-order valence-electron chi connectivity index (χ4n) is 2.06. The van der Waals surface area contributed by atoms with Crippen LogP contribution in [0.4, 0.5) is 0 Å². The molecular weight excluding hydrogens is 190 g/mol. The van der Waals surface area contributed by atoms with E-state index in [0.29, 0.717) is 5.92 Å². The summed E-state index contributed by atoms with van der Waals surface area (Å²) in [5, 5.41) is 1.71. The van der Waals surface area contributed by atoms with E-state index in [1.54, 1.807) is 5.01 Å². The van der Waals surface area contributed by atoms with Crippen LogP contribution >= 0.6 is 0 Å². The number of carbonyl (C=O) groups is 1. The lowest BCUT2D eigenvalue weighted by atomic mass is 9.77. The van der Waals surface area contributed by atoms with E-state index in [9.17, 15) is 4.79 Å². The number of hydrazine groups is 1. The van der Waals surface area contributed by atoms with E-state index in [1.807, 2.05) is 27.9 Å². The predicted molar refractivity (Wildman–Crippen MR) is 61.2 cm³/mol. The van der Waals surface area contributed by atoms with E-state index in [2.05, 4.69) is 17.4 Å². The molecule has 0 radical (unpaired) electrons. The molecule has 0 aliphatic carbocycles. The highest BCUT2D eigenvalue weighted by atomic mass is 16.2. The topological polar surface area (TPSA) is 35.6 Å². The SMILES string of the molecule is CN1CCC(C(C)(C)C(=O)NN(C)C)C1. The van der Waals surface area contributed by atoms with Crippen LogP contribution < -0.4 is 5.43 Å². The average Bonchev–Trinajstić information content (AvgIpc) is 2.50. The molecule has 4 nitrogen and oxygen atoms in total. The van der Waals surface area contributed by atoms with E-state index >= 15 is 0 Å². The summed E-state index contributed by atoms with van der Waals surface area (Å²) < 4.78 is 0. The second kappa shape index (κ2) is 4.49. The number of amides is 1. The molecule has 1 aliphatic rings. The zero-order chi connectivity index (χ0) is 11.6. The number of hydrogen-bond acceptors (Lipinski definition) is 3. The fourth-order valence-corrected chi connectivity index (χ4v) is 2.06. The van der Waals surface area contributed by atoms with Gasteiger partial charge in [-0.25, -0.2) is 5.01 Å². The van der Waals surface area contributed by atoms with Crippen molar-refractivity contribution in [2.24, 2.45) is 11.3 Å². The van der Waals surface area contributed by atoms with Crippen LogP contribution in [0.3, 0.4) is 0 Å². The first-order valence-electron chi connectivity index (χ1n) is 5.51. The molecular formula is C11H23N3O. The van der Waals surface area contributed by atoms with Gasteiger partial charge in [-0.15, -0.1) is 0 Å². The highest BCUT2D eigenvalue weighted by molar-refractivity contribution is 5.81. The summed E-state index contributed by atoms with van der Waals surface area (Å²) in [5.74, 6) is 0.579. The van der Waals surface area contributed by atoms with Crippen molar-refractivity contribution in [2.45, 2.75) is 20.3 Å². The molecule has 1 N–H and O–H groups in total. The van der Waals surface area contributed by atoms with Gasteiger partial charge in [0.2, 0.25) is 5.91 Å². The summed E-state index contributed by atoms with van der Waals surface area (Å²) in [6, 6.07) is 0. The van der Waals surface area contributed by atoms with E-state index in [-0.39, 0.29) is 11.3 Å². The Hall–Kier alpha value is -0.610. The molecule has 1 fully saturated rings. The lowest BCUT2D eigenvalue weighted by Crippen LogP contribution is -2.47. The molecule has 0 aromatic rings. The summed E-state index contributed by atoms with van der Waals surface area (Å²) in [6.45, 7) is 6.20. The van der Waals surface area contributed by atoms with Crippen molar-refractivity contribution in [1.29, 1.82) is 0 Å². The van der Waals surface area contributed by atoms with Gasteiger partial charge in [0.1, 0.15) is 0 Å². The Bertz CT molecular complexity index is 238. The van der Waals surface area contributed by atoms with Crippen LogP contribution in [-0.2, 0) is 4.79 Å². The second-order valence-corrected chi connectivity index (χ2v) is 5.30. The quantitative estimate of drug-likeness (QED) is 0.696. The molecule has 0 spiro atoms. The van der Waals surface area contributed by atoms with Gasteiger partial charge < -0.3 is 4.90 Å². The molecule has 4 heteroatoms. The third kappa shape index (κ3) is 2.92. The molecule has 0 aromatic carbocycles. The van der Waals surface area contributed by atoms with Crippen LogP contribution in [0.5, 0.6) is 0 Å². The third-order valence-electron chi connectivity index (χ3n) is 3.32. The zero-order valence-electron chi connectivity index (χ0n) is 10.5. The van der Waals surface area contributed by atoms with Gasteiger partial charge in [-0.3, -0.25) is 10.2 Å². The van der Waals surface area contributed by atoms with Gasteiger partial charge in [-0.05, 0) is 25.9 Å². The molecule has 15 heavy (non-hydrogen) atoms. The first-order chi connectivity index (χ1) is 6.84. The fraction of sp³-hybridized carbons (Fsp3) is 0.909. The van der Waals surface area contributed by atoms with Crippen molar-refractivity contribution >= 4 is 5.91 Å². The maximum Gasteiger partial charge on any atom is 0.240 e. The Labute approximate surface area is 92.6 Å². The van der Waals surface area contributed by atoms with Crippen LogP contribution in [-0.4, -0.2) is 50.0 Å². The number of carbonyl (C=O) groups excluding carboxylic acids is 1. The van der Waals surface area contributed by atoms with E-state index < -0.39 is 0 Å². The summed E-state index contributed by atoms with van der Waals surface area (Å²) >= 11 is 0. The Balaban J connectivity index is 2.61. The first kappa shape index (κ1) is 12.5. The standard InChI is InChI=1S/C11H23N3O/c1-11(2,10(15)12-13(3)4)9-6-7-14(5)8-9/h9H,6-8H2,1-5H3,(H,12,15). The number of rotatable bonds is 3. The first-order valence-corrected chi connectivity index (χ1v) is 5.51. The van der Waals surface area contributed by atoms with Crippen molar-refractivity contribution in [1.82, 2.24) is 15.3 Å². The summed E-state index contributed by atoms with van der Waals surface area (Å²) in [4.78, 5) is 14.3. The maximum absolute atomic E-state index is 12.0. The smallest absolute Gasteiger partial charge is 0.240 e. The molecule has 0 bridgehead atoms. The summed E-state index contributed by atoms with van der Waals surface area (Å²) in [6.07, 6.45) is 1.12. The van der Waals surface area contributed by atoms with Gasteiger partial charge in [0.15, 0.2) is 0 Å². The molecule has 1 atom stereocenters. The minimum atomic E-state index is -0.283. The number of hydrogen-bond donors (Lipinski definition) is 1. The lowest BCUT2D eigenvalue weighted by Gasteiger charge is -2.31. The van der Waals surface area contributed by atoms with Crippen molar-refractivity contribution in [3.63, 3.8) is 0 Å². The van der Waals surface area contributed by atoms with Crippen LogP contribution in [0.15, 0.2) is 0 Å². The van der Waals surface area contributed by atoms with Crippen molar-refractivity contribution in [3.8, 4) is 0 Å². The van der Waals surface area contributed by atoms with Gasteiger partial charge in [-0.1, -0.05) is 13.8 Å². The summed E-state index contributed by atoms with van der Waals surface area (Å²) in [7, 11) is 5.80. The molecule has 1 saturated heterocycles. The van der Waals surface area contributed by atoms with Crippen LogP contribution in [0, 0.1) is 11.3 Å². The van der Waals surface area contributed by atoms with Gasteiger partial charge in [0.05, 0.1) is 0 Å². The molecule has 0 aromatic heterocycles. The summed E-state index contributed by atoms with van der Waals surface area (Å²) in [5.41, 5.74) is 2.57. The Morgan fingerprint density at radius 3 is 2.47 bits per heavy atom. The van der Waals surface area contributed by atoms with Gasteiger partial charge in [0, 0.05) is 26.1 Å². The Morgan fingerprint density at radius 1 is 1.47 bits per heavy atom. The van der Waals surface area contributed by atoms with Crippen LogP contribution in [0.25, 0.3) is 0 Å². The Morgan fingerprint density at radius 2 is 2.07 bits per heavy atom. The van der Waals surface area contributed by atoms with E-state index in [4.69, 9.17) is 0 Å². The molecule has 1 heterocycles. The highest BCUT2D eigenvalue weighted by Gasteiger charge is 2.39. The van der Waals surface area contributed by atoms with Gasteiger partial charge in [-0.2, -0.15) is 0 Å². The second-order valence-electron chi connectivity index (χ2n) is 5.30. The largest absolute Gasteiger partial charge is 0.306 e. The minimum absolute atomic E-state index is 0.118. The molecule has 1 aliphatic heterocycles. The average molecular weight is 213 g/mol. The van der Waals surface area contributed by atoms with E-state index in [0.717, 1.165) is 19.5 Å². The zero-order valence-corrected chi connectivity index (χ0v) is 10.5. The van der Waals surface area contributed by atoms with Crippen LogP contribution in [0.2, 0.25) is 0 Å². The molecule has 0 saturated carbocycles. The number of likely N-dealkylation sites (tertiary alicyclic amines) is 1.